The Morgan fingerprint density at radius 2 is 0.757 bits per heavy atom. The van der Waals surface area contributed by atoms with Crippen LogP contribution in [0.5, 0.6) is 0 Å². The Kier molecular flexibility index (Phi) is 4.22. The van der Waals surface area contributed by atoms with Crippen LogP contribution in [0.2, 0.25) is 0 Å². The predicted molar refractivity (Wildman–Crippen MR) is 145 cm³/mol. The molecule has 6 aliphatic rings. The molecule has 0 radical (unpaired) electrons. The first kappa shape index (κ1) is 23.4. The third-order valence-corrected chi connectivity index (χ3v) is 10.8. The zero-order valence-electron chi connectivity index (χ0n) is 23.5. The summed E-state index contributed by atoms with van der Waals surface area (Å²) in [7, 11) is 0. The molecule has 1 heterocycles. The highest BCUT2D eigenvalue weighted by Crippen LogP contribution is 2.61. The number of hydrogen-bond donors (Lipinski definition) is 0. The number of cyclic esters (lactones) is 2. The summed E-state index contributed by atoms with van der Waals surface area (Å²) in [6.07, 6.45) is 4.56. The minimum absolute atomic E-state index is 0.0739. The van der Waals surface area contributed by atoms with Crippen molar-refractivity contribution in [1.82, 2.24) is 0 Å². The maximum atomic E-state index is 13.2. The number of hydrogen-bond acceptors (Lipinski definition) is 3. The summed E-state index contributed by atoms with van der Waals surface area (Å²) < 4.78 is 5.31. The van der Waals surface area contributed by atoms with Crippen LogP contribution in [0.1, 0.15) is 137 Å². The molecule has 0 saturated heterocycles. The number of rotatable bonds is 0. The van der Waals surface area contributed by atoms with Crippen molar-refractivity contribution >= 4 is 11.9 Å². The lowest BCUT2D eigenvalue weighted by Gasteiger charge is -2.48. The van der Waals surface area contributed by atoms with Gasteiger partial charge >= 0.3 is 11.9 Å². The molecule has 0 saturated carbocycles. The highest BCUT2D eigenvalue weighted by atomic mass is 16.6. The minimum Gasteiger partial charge on any atom is -0.386 e. The normalized spacial score (nSPS) is 28.6. The highest BCUT2D eigenvalue weighted by molar-refractivity contribution is 6.16. The fourth-order valence-electron chi connectivity index (χ4n) is 8.21. The Morgan fingerprint density at radius 3 is 1.00 bits per heavy atom. The van der Waals surface area contributed by atoms with Crippen molar-refractivity contribution in [3.63, 3.8) is 0 Å². The summed E-state index contributed by atoms with van der Waals surface area (Å²) in [6.45, 7) is 18.8. The van der Waals surface area contributed by atoms with E-state index in [4.69, 9.17) is 4.74 Å². The van der Waals surface area contributed by atoms with E-state index in [1.54, 1.807) is 0 Å². The van der Waals surface area contributed by atoms with Gasteiger partial charge in [-0.3, -0.25) is 0 Å². The zero-order chi connectivity index (χ0) is 26.4. The molecule has 3 nitrogen and oxygen atoms in total. The molecule has 2 aromatic rings. The van der Waals surface area contributed by atoms with Crippen LogP contribution in [0.4, 0.5) is 0 Å². The van der Waals surface area contributed by atoms with E-state index in [1.807, 2.05) is 0 Å². The third kappa shape index (κ3) is 2.84. The van der Waals surface area contributed by atoms with E-state index < -0.39 is 11.9 Å². The standard InChI is InChI=1S/C34H38O3/c1-31(2)9-10-32(3,4)22-14-18-17(13-21(22)31)25-19-15-23-24(34(7,8)12-11-33(23,5)6)16-20(19)26(18)28-27(25)29(35)37-30(28)36/h13-16,25-26H,9-12H2,1-8H3. The van der Waals surface area contributed by atoms with Gasteiger partial charge in [0, 0.05) is 11.8 Å². The Balaban J connectivity index is 1.56. The van der Waals surface area contributed by atoms with Crippen molar-refractivity contribution in [3.05, 3.63) is 79.9 Å². The van der Waals surface area contributed by atoms with Crippen LogP contribution < -0.4 is 0 Å². The zero-order valence-corrected chi connectivity index (χ0v) is 23.5. The van der Waals surface area contributed by atoms with E-state index in [-0.39, 0.29) is 33.5 Å². The maximum Gasteiger partial charge on any atom is 0.343 e. The van der Waals surface area contributed by atoms with Gasteiger partial charge in [0.25, 0.3) is 0 Å². The number of fused-ring (bicyclic) bond motifs is 2. The van der Waals surface area contributed by atoms with Crippen LogP contribution in [0.3, 0.4) is 0 Å². The molecule has 0 unspecified atom stereocenters. The number of ether oxygens (including phenoxy) is 1. The van der Waals surface area contributed by atoms with Gasteiger partial charge in [-0.1, -0.05) is 79.7 Å². The summed E-state index contributed by atoms with van der Waals surface area (Å²) in [5, 5.41) is 0. The Hall–Kier alpha value is -2.68. The molecule has 2 aromatic carbocycles. The molecule has 1 aliphatic heterocycles. The molecular weight excluding hydrogens is 456 g/mol. The van der Waals surface area contributed by atoms with Crippen LogP contribution in [-0.2, 0) is 36.0 Å². The first-order valence-electron chi connectivity index (χ1n) is 14.0. The molecule has 5 aliphatic carbocycles. The average molecular weight is 495 g/mol. The van der Waals surface area contributed by atoms with Gasteiger partial charge in [-0.25, -0.2) is 9.59 Å². The minimum atomic E-state index is -0.444. The SMILES string of the molecule is CC1(C)CCC(C)(C)c2cc3c(cc21)C1C2=C(C(=O)OC2=O)C3c2cc3c(cc21)C(C)(C)CCC3(C)C. The van der Waals surface area contributed by atoms with E-state index in [0.717, 1.165) is 25.7 Å². The molecule has 0 aromatic heterocycles. The molecule has 2 bridgehead atoms. The number of carbonyl (C=O) groups is 2. The summed E-state index contributed by atoms with van der Waals surface area (Å²) >= 11 is 0. The van der Waals surface area contributed by atoms with Gasteiger partial charge in [0.2, 0.25) is 0 Å². The van der Waals surface area contributed by atoms with Crippen molar-refractivity contribution < 1.29 is 14.3 Å². The summed E-state index contributed by atoms with van der Waals surface area (Å²) in [5.41, 5.74) is 11.9. The Morgan fingerprint density at radius 1 is 0.514 bits per heavy atom. The first-order chi connectivity index (χ1) is 17.1. The number of esters is 2. The van der Waals surface area contributed by atoms with Crippen LogP contribution >= 0.6 is 0 Å². The molecule has 37 heavy (non-hydrogen) atoms. The molecule has 0 fully saturated rings. The van der Waals surface area contributed by atoms with Gasteiger partial charge < -0.3 is 4.74 Å². The predicted octanol–water partition coefficient (Wildman–Crippen LogP) is 7.36. The van der Waals surface area contributed by atoms with Gasteiger partial charge in [0.1, 0.15) is 0 Å². The Bertz CT molecular complexity index is 1300. The molecule has 0 spiro atoms. The van der Waals surface area contributed by atoms with Crippen molar-refractivity contribution in [2.75, 3.05) is 0 Å². The van der Waals surface area contributed by atoms with Gasteiger partial charge in [0.05, 0.1) is 11.1 Å². The monoisotopic (exact) mass is 494 g/mol. The van der Waals surface area contributed by atoms with Crippen molar-refractivity contribution in [3.8, 4) is 0 Å². The van der Waals surface area contributed by atoms with Crippen LogP contribution in [0, 0.1) is 0 Å². The van der Waals surface area contributed by atoms with Gasteiger partial charge in [-0.05, 0) is 91.9 Å². The summed E-state index contributed by atoms with van der Waals surface area (Å²) in [4.78, 5) is 26.3. The second kappa shape index (κ2) is 6.65. The lowest BCUT2D eigenvalue weighted by Crippen LogP contribution is -2.38. The quantitative estimate of drug-likeness (QED) is 0.284. The second-order valence-corrected chi connectivity index (χ2v) is 15.0. The van der Waals surface area contributed by atoms with Crippen LogP contribution in [0.25, 0.3) is 0 Å². The van der Waals surface area contributed by atoms with Crippen molar-refractivity contribution in [1.29, 1.82) is 0 Å². The van der Waals surface area contributed by atoms with Crippen molar-refractivity contribution in [2.24, 2.45) is 0 Å². The highest BCUT2D eigenvalue weighted by Gasteiger charge is 2.54. The smallest absolute Gasteiger partial charge is 0.343 e. The molecular formula is C34H38O3. The van der Waals surface area contributed by atoms with E-state index in [9.17, 15) is 9.59 Å². The lowest BCUT2D eigenvalue weighted by molar-refractivity contribution is -0.151. The molecule has 3 heteroatoms. The average Bonchev–Trinajstić information content (AvgIpc) is 3.12. The second-order valence-electron chi connectivity index (χ2n) is 15.0. The van der Waals surface area contributed by atoms with Gasteiger partial charge in [-0.2, -0.15) is 0 Å². The summed E-state index contributed by atoms with van der Waals surface area (Å²) in [5.74, 6) is -1.36. The summed E-state index contributed by atoms with van der Waals surface area (Å²) in [6, 6.07) is 9.61. The van der Waals surface area contributed by atoms with E-state index in [1.165, 1.54) is 44.5 Å². The lowest BCUT2D eigenvalue weighted by atomic mass is 9.55. The largest absolute Gasteiger partial charge is 0.386 e. The molecule has 0 atom stereocenters. The van der Waals surface area contributed by atoms with Gasteiger partial charge in [0.15, 0.2) is 0 Å². The van der Waals surface area contributed by atoms with E-state index in [0.29, 0.717) is 11.1 Å². The number of benzene rings is 2. The van der Waals surface area contributed by atoms with Crippen LogP contribution in [0.15, 0.2) is 35.4 Å². The van der Waals surface area contributed by atoms with Crippen molar-refractivity contribution in [2.45, 2.75) is 115 Å². The number of carbonyl (C=O) groups excluding carboxylic acids is 2. The Labute approximate surface area is 220 Å². The molecule has 0 amide bonds. The molecule has 0 N–H and O–H groups in total. The van der Waals surface area contributed by atoms with E-state index >= 15 is 0 Å². The first-order valence-corrected chi connectivity index (χ1v) is 14.0. The van der Waals surface area contributed by atoms with Crippen LogP contribution in [-0.4, -0.2) is 11.9 Å². The fourth-order valence-corrected chi connectivity index (χ4v) is 8.21. The topological polar surface area (TPSA) is 43.4 Å². The van der Waals surface area contributed by atoms with E-state index in [2.05, 4.69) is 79.7 Å². The molecule has 8 rings (SSSR count). The maximum absolute atomic E-state index is 13.2. The fraction of sp³-hybridized carbons (Fsp3) is 0.529. The van der Waals surface area contributed by atoms with Gasteiger partial charge in [-0.15, -0.1) is 0 Å². The third-order valence-electron chi connectivity index (χ3n) is 10.8. The molecule has 192 valence electrons.